The highest BCUT2D eigenvalue weighted by atomic mass is 19.1. The Kier molecular flexibility index (Phi) is 4.51. The van der Waals surface area contributed by atoms with Crippen molar-refractivity contribution in [1.29, 1.82) is 0 Å². The molecule has 0 aromatic heterocycles. The molecule has 110 valence electrons. The van der Waals surface area contributed by atoms with Gasteiger partial charge in [0.05, 0.1) is 11.0 Å². The number of halogens is 1. The number of nitrogens with zero attached hydrogens (tertiary/aromatic N) is 2. The summed E-state index contributed by atoms with van der Waals surface area (Å²) in [5.41, 5.74) is -0.0371. The van der Waals surface area contributed by atoms with Crippen LogP contribution in [0.25, 0.3) is 0 Å². The van der Waals surface area contributed by atoms with E-state index in [4.69, 9.17) is 0 Å². The van der Waals surface area contributed by atoms with Crippen molar-refractivity contribution >= 4 is 5.69 Å². The largest absolute Gasteiger partial charge is 0.505 e. The summed E-state index contributed by atoms with van der Waals surface area (Å²) >= 11 is 0. The van der Waals surface area contributed by atoms with Gasteiger partial charge >= 0.3 is 0 Å². The highest BCUT2D eigenvalue weighted by Gasteiger charge is 2.26. The Morgan fingerprint density at radius 2 is 2.15 bits per heavy atom. The van der Waals surface area contributed by atoms with E-state index in [2.05, 4.69) is 10.2 Å². The van der Waals surface area contributed by atoms with E-state index in [9.17, 15) is 19.6 Å². The van der Waals surface area contributed by atoms with Gasteiger partial charge in [-0.3, -0.25) is 15.0 Å². The molecule has 0 unspecified atom stereocenters. The van der Waals surface area contributed by atoms with Gasteiger partial charge in [-0.15, -0.1) is 0 Å². The zero-order chi connectivity index (χ0) is 14.7. The van der Waals surface area contributed by atoms with E-state index >= 15 is 0 Å². The molecule has 0 bridgehead atoms. The second-order valence-electron chi connectivity index (χ2n) is 4.83. The zero-order valence-electron chi connectivity index (χ0n) is 11.3. The van der Waals surface area contributed by atoms with E-state index in [0.717, 1.165) is 32.2 Å². The highest BCUT2D eigenvalue weighted by molar-refractivity contribution is 5.46. The van der Waals surface area contributed by atoms with Crippen LogP contribution in [0.4, 0.5) is 10.1 Å². The first kappa shape index (κ1) is 14.7. The Balaban J connectivity index is 2.39. The van der Waals surface area contributed by atoms with Crippen molar-refractivity contribution in [3.8, 4) is 5.75 Å². The maximum atomic E-state index is 13.7. The second kappa shape index (κ2) is 6.15. The third-order valence-electron chi connectivity index (χ3n) is 3.63. The van der Waals surface area contributed by atoms with E-state index in [1.165, 1.54) is 6.07 Å². The lowest BCUT2D eigenvalue weighted by Gasteiger charge is -2.34. The van der Waals surface area contributed by atoms with Crippen molar-refractivity contribution in [2.45, 2.75) is 19.4 Å². The average Bonchev–Trinajstić information content (AvgIpc) is 2.45. The summed E-state index contributed by atoms with van der Waals surface area (Å²) in [6, 6.07) is 1.81. The van der Waals surface area contributed by atoms with Crippen molar-refractivity contribution in [2.75, 3.05) is 26.2 Å². The van der Waals surface area contributed by atoms with Gasteiger partial charge in [0.15, 0.2) is 11.6 Å². The Bertz CT molecular complexity index is 504. The van der Waals surface area contributed by atoms with Gasteiger partial charge in [0.2, 0.25) is 0 Å². The van der Waals surface area contributed by atoms with Crippen molar-refractivity contribution in [3.05, 3.63) is 33.6 Å². The maximum Gasteiger partial charge on any atom is 0.272 e. The molecule has 2 N–H and O–H groups in total. The lowest BCUT2D eigenvalue weighted by molar-refractivity contribution is -0.385. The molecule has 1 heterocycles. The van der Waals surface area contributed by atoms with Crippen molar-refractivity contribution in [1.82, 2.24) is 10.2 Å². The fourth-order valence-corrected chi connectivity index (χ4v) is 2.63. The molecule has 1 saturated heterocycles. The minimum Gasteiger partial charge on any atom is -0.505 e. The van der Waals surface area contributed by atoms with Crippen LogP contribution in [-0.2, 0) is 0 Å². The fourth-order valence-electron chi connectivity index (χ4n) is 2.63. The normalized spacial score (nSPS) is 17.9. The lowest BCUT2D eigenvalue weighted by Crippen LogP contribution is -2.45. The first-order chi connectivity index (χ1) is 9.54. The van der Waals surface area contributed by atoms with Gasteiger partial charge in [0, 0.05) is 43.9 Å². The van der Waals surface area contributed by atoms with Crippen LogP contribution in [0, 0.1) is 15.9 Å². The maximum absolute atomic E-state index is 13.7. The molecule has 1 aliphatic heterocycles. The number of aromatic hydroxyl groups is 1. The van der Waals surface area contributed by atoms with Gasteiger partial charge in [-0.1, -0.05) is 6.92 Å². The second-order valence-corrected chi connectivity index (χ2v) is 4.83. The van der Waals surface area contributed by atoms with Crippen LogP contribution in [0.2, 0.25) is 0 Å². The van der Waals surface area contributed by atoms with Crippen LogP contribution >= 0.6 is 0 Å². The number of hydrogen-bond acceptors (Lipinski definition) is 5. The molecular formula is C13H18FN3O3. The highest BCUT2D eigenvalue weighted by Crippen LogP contribution is 2.36. The smallest absolute Gasteiger partial charge is 0.272 e. The molecule has 0 amide bonds. The van der Waals surface area contributed by atoms with Gasteiger partial charge in [-0.25, -0.2) is 4.39 Å². The topological polar surface area (TPSA) is 78.6 Å². The first-order valence-corrected chi connectivity index (χ1v) is 6.66. The molecular weight excluding hydrogens is 265 g/mol. The SMILES string of the molecule is CC[C@@H](c1cc([N+](=O)[O-])cc(F)c1O)N1CCNCC1. The van der Waals surface area contributed by atoms with Crippen molar-refractivity contribution in [2.24, 2.45) is 0 Å². The standard InChI is InChI=1S/C13H18FN3O3/c1-2-12(16-5-3-15-4-6-16)10-7-9(17(19)20)8-11(14)13(10)18/h7-8,12,15,18H,2-6H2,1H3/t12-/m0/s1. The summed E-state index contributed by atoms with van der Waals surface area (Å²) in [4.78, 5) is 12.3. The van der Waals surface area contributed by atoms with Crippen LogP contribution in [0.1, 0.15) is 24.9 Å². The Morgan fingerprint density at radius 3 is 2.70 bits per heavy atom. The minimum absolute atomic E-state index is 0.216. The molecule has 1 aromatic carbocycles. The zero-order valence-corrected chi connectivity index (χ0v) is 11.3. The molecule has 0 spiro atoms. The van der Waals surface area contributed by atoms with Gasteiger partial charge in [-0.05, 0) is 6.42 Å². The molecule has 2 rings (SSSR count). The van der Waals surface area contributed by atoms with Crippen LogP contribution in [0.15, 0.2) is 12.1 Å². The monoisotopic (exact) mass is 283 g/mol. The quantitative estimate of drug-likeness (QED) is 0.650. The third-order valence-corrected chi connectivity index (χ3v) is 3.63. The van der Waals surface area contributed by atoms with Gasteiger partial charge in [0.25, 0.3) is 5.69 Å². The van der Waals surface area contributed by atoms with Crippen molar-refractivity contribution < 1.29 is 14.4 Å². The molecule has 1 aromatic rings. The summed E-state index contributed by atoms with van der Waals surface area (Å²) in [7, 11) is 0. The number of rotatable bonds is 4. The lowest BCUT2D eigenvalue weighted by atomic mass is 10.00. The number of nitro groups is 1. The molecule has 1 atom stereocenters. The number of phenols is 1. The number of benzene rings is 1. The Hall–Kier alpha value is -1.73. The van der Waals surface area contributed by atoms with E-state index in [1.807, 2.05) is 6.92 Å². The number of piperazine rings is 1. The predicted molar refractivity (Wildman–Crippen MR) is 72.2 cm³/mol. The third kappa shape index (κ3) is 2.88. The Labute approximate surface area is 116 Å². The summed E-state index contributed by atoms with van der Waals surface area (Å²) in [5, 5.41) is 23.9. The number of phenolic OH excluding ortho intramolecular Hbond substituents is 1. The predicted octanol–water partition coefficient (Wildman–Crippen LogP) is 1.80. The summed E-state index contributed by atoms with van der Waals surface area (Å²) in [5.74, 6) is -1.43. The van der Waals surface area contributed by atoms with E-state index in [0.29, 0.717) is 12.0 Å². The summed E-state index contributed by atoms with van der Waals surface area (Å²) in [6.07, 6.45) is 0.647. The number of non-ortho nitro benzene ring substituents is 1. The van der Waals surface area contributed by atoms with Crippen LogP contribution in [0.3, 0.4) is 0 Å². The molecule has 0 radical (unpaired) electrons. The van der Waals surface area contributed by atoms with E-state index < -0.39 is 16.5 Å². The van der Waals surface area contributed by atoms with Crippen molar-refractivity contribution in [3.63, 3.8) is 0 Å². The van der Waals surface area contributed by atoms with Crippen LogP contribution in [-0.4, -0.2) is 41.1 Å². The van der Waals surface area contributed by atoms with Crippen LogP contribution < -0.4 is 5.32 Å². The van der Waals surface area contributed by atoms with E-state index in [1.54, 1.807) is 0 Å². The average molecular weight is 283 g/mol. The van der Waals surface area contributed by atoms with Gasteiger partial charge in [0.1, 0.15) is 0 Å². The number of nitrogens with one attached hydrogen (secondary N) is 1. The van der Waals surface area contributed by atoms with Gasteiger partial charge in [-0.2, -0.15) is 0 Å². The molecule has 1 aliphatic rings. The fraction of sp³-hybridized carbons (Fsp3) is 0.538. The molecule has 1 fully saturated rings. The molecule has 6 nitrogen and oxygen atoms in total. The molecule has 20 heavy (non-hydrogen) atoms. The first-order valence-electron chi connectivity index (χ1n) is 6.66. The molecule has 0 saturated carbocycles. The molecule has 7 heteroatoms. The Morgan fingerprint density at radius 1 is 1.50 bits per heavy atom. The molecule has 0 aliphatic carbocycles. The summed E-state index contributed by atoms with van der Waals surface area (Å²) < 4.78 is 13.7. The summed E-state index contributed by atoms with van der Waals surface area (Å²) in [6.45, 7) is 5.08. The van der Waals surface area contributed by atoms with E-state index in [-0.39, 0.29) is 11.7 Å². The minimum atomic E-state index is -0.942. The number of hydrogen-bond donors (Lipinski definition) is 2. The van der Waals surface area contributed by atoms with Crippen LogP contribution in [0.5, 0.6) is 5.75 Å². The van der Waals surface area contributed by atoms with Gasteiger partial charge < -0.3 is 10.4 Å². The number of nitro benzene ring substituents is 1.